The number of hydrogen-bond donors (Lipinski definition) is 2. The van der Waals surface area contributed by atoms with Crippen molar-refractivity contribution in [3.63, 3.8) is 0 Å². The Hall–Kier alpha value is -1.15. The predicted molar refractivity (Wildman–Crippen MR) is 78.8 cm³/mol. The molecule has 2 rings (SSSR count). The molecule has 1 unspecified atom stereocenters. The van der Waals surface area contributed by atoms with Crippen molar-refractivity contribution in [1.82, 2.24) is 15.5 Å². The first-order valence-electron chi connectivity index (χ1n) is 5.78. The molecule has 96 valence electrons. The van der Waals surface area contributed by atoms with E-state index in [9.17, 15) is 0 Å². The second kappa shape index (κ2) is 6.14. The number of nitrogens with zero attached hydrogens (tertiary/aromatic N) is 2. The first-order valence-corrected chi connectivity index (χ1v) is 6.86. The van der Waals surface area contributed by atoms with Gasteiger partial charge in [0.2, 0.25) is 5.89 Å². The fourth-order valence-corrected chi connectivity index (χ4v) is 2.09. The molecule has 0 saturated heterocycles. The summed E-state index contributed by atoms with van der Waals surface area (Å²) in [6.45, 7) is 4.90. The summed E-state index contributed by atoms with van der Waals surface area (Å²) in [6, 6.07) is 8.45. The standard InChI is InChI=1S/C12H15IN4O/c1-3-14-8(2)11-16-17-12(18-11)15-10-6-4-5-9(13)7-10/h4-8,14H,3H2,1-2H3,(H,15,17). The smallest absolute Gasteiger partial charge is 0.320 e. The summed E-state index contributed by atoms with van der Waals surface area (Å²) in [5.41, 5.74) is 0.938. The number of hydrogen-bond acceptors (Lipinski definition) is 5. The SMILES string of the molecule is CCNC(C)c1nnc(Nc2cccc(I)c2)o1. The van der Waals surface area contributed by atoms with Gasteiger partial charge in [0.15, 0.2) is 0 Å². The number of halogens is 1. The Labute approximate surface area is 120 Å². The average molecular weight is 358 g/mol. The van der Waals surface area contributed by atoms with Gasteiger partial charge in [-0.3, -0.25) is 0 Å². The Bertz CT molecular complexity index is 514. The highest BCUT2D eigenvalue weighted by atomic mass is 127. The quantitative estimate of drug-likeness (QED) is 0.805. The maximum Gasteiger partial charge on any atom is 0.320 e. The van der Waals surface area contributed by atoms with Crippen molar-refractivity contribution in [1.29, 1.82) is 0 Å². The van der Waals surface area contributed by atoms with Crippen LogP contribution in [-0.2, 0) is 0 Å². The van der Waals surface area contributed by atoms with E-state index in [2.05, 4.69) is 43.4 Å². The minimum atomic E-state index is 0.0639. The zero-order valence-electron chi connectivity index (χ0n) is 10.3. The summed E-state index contributed by atoms with van der Waals surface area (Å²) in [6.07, 6.45) is 0. The van der Waals surface area contributed by atoms with Gasteiger partial charge < -0.3 is 15.1 Å². The molecule has 0 radical (unpaired) electrons. The zero-order valence-corrected chi connectivity index (χ0v) is 12.4. The second-order valence-corrected chi connectivity index (χ2v) is 5.11. The lowest BCUT2D eigenvalue weighted by molar-refractivity contribution is 0.430. The van der Waals surface area contributed by atoms with Crippen LogP contribution < -0.4 is 10.6 Å². The molecule has 2 aromatic rings. The van der Waals surface area contributed by atoms with E-state index in [1.807, 2.05) is 38.1 Å². The van der Waals surface area contributed by atoms with Crippen molar-refractivity contribution in [3.05, 3.63) is 33.7 Å². The third kappa shape index (κ3) is 3.42. The highest BCUT2D eigenvalue weighted by molar-refractivity contribution is 14.1. The first kappa shape index (κ1) is 13.3. The van der Waals surface area contributed by atoms with E-state index in [1.54, 1.807) is 0 Å². The fourth-order valence-electron chi connectivity index (χ4n) is 1.54. The van der Waals surface area contributed by atoms with E-state index in [0.717, 1.165) is 15.8 Å². The lowest BCUT2D eigenvalue weighted by atomic mass is 10.3. The molecule has 0 aliphatic carbocycles. The molecule has 0 spiro atoms. The summed E-state index contributed by atoms with van der Waals surface area (Å²) in [4.78, 5) is 0. The maximum atomic E-state index is 5.54. The number of aromatic nitrogens is 2. The highest BCUT2D eigenvalue weighted by Crippen LogP contribution is 2.19. The molecule has 2 N–H and O–H groups in total. The van der Waals surface area contributed by atoms with Gasteiger partial charge in [-0.15, -0.1) is 5.10 Å². The van der Waals surface area contributed by atoms with Crippen LogP contribution in [0, 0.1) is 3.57 Å². The minimum absolute atomic E-state index is 0.0639. The fraction of sp³-hybridized carbons (Fsp3) is 0.333. The van der Waals surface area contributed by atoms with Gasteiger partial charge in [-0.25, -0.2) is 0 Å². The van der Waals surface area contributed by atoms with E-state index < -0.39 is 0 Å². The third-order valence-corrected chi connectivity index (χ3v) is 3.07. The molecule has 0 amide bonds. The lowest BCUT2D eigenvalue weighted by Crippen LogP contribution is -2.17. The van der Waals surface area contributed by atoms with Gasteiger partial charge in [-0.2, -0.15) is 0 Å². The Morgan fingerprint density at radius 1 is 1.39 bits per heavy atom. The van der Waals surface area contributed by atoms with Crippen LogP contribution in [0.2, 0.25) is 0 Å². The van der Waals surface area contributed by atoms with Crippen LogP contribution in [0.1, 0.15) is 25.8 Å². The molecule has 1 aromatic carbocycles. The molecule has 0 aliphatic rings. The topological polar surface area (TPSA) is 63.0 Å². The van der Waals surface area contributed by atoms with E-state index in [1.165, 1.54) is 0 Å². The highest BCUT2D eigenvalue weighted by Gasteiger charge is 2.12. The van der Waals surface area contributed by atoms with Crippen molar-refractivity contribution >= 4 is 34.3 Å². The molecule has 5 nitrogen and oxygen atoms in total. The molecule has 6 heteroatoms. The van der Waals surface area contributed by atoms with E-state index >= 15 is 0 Å². The molecular weight excluding hydrogens is 343 g/mol. The summed E-state index contributed by atoms with van der Waals surface area (Å²) < 4.78 is 6.69. The molecule has 1 heterocycles. The summed E-state index contributed by atoms with van der Waals surface area (Å²) in [5, 5.41) is 14.3. The first-order chi connectivity index (χ1) is 8.69. The molecule has 0 saturated carbocycles. The summed E-state index contributed by atoms with van der Waals surface area (Å²) in [7, 11) is 0. The molecule has 0 fully saturated rings. The van der Waals surface area contributed by atoms with Crippen LogP contribution >= 0.6 is 22.6 Å². The monoisotopic (exact) mass is 358 g/mol. The third-order valence-electron chi connectivity index (χ3n) is 2.40. The molecule has 18 heavy (non-hydrogen) atoms. The molecule has 1 atom stereocenters. The van der Waals surface area contributed by atoms with Crippen molar-refractivity contribution in [2.24, 2.45) is 0 Å². The van der Waals surface area contributed by atoms with E-state index in [-0.39, 0.29) is 6.04 Å². The van der Waals surface area contributed by atoms with Crippen LogP contribution in [0.5, 0.6) is 0 Å². The zero-order chi connectivity index (χ0) is 13.0. The van der Waals surface area contributed by atoms with Gasteiger partial charge in [0, 0.05) is 9.26 Å². The van der Waals surface area contributed by atoms with Gasteiger partial charge in [0.25, 0.3) is 0 Å². The van der Waals surface area contributed by atoms with E-state index in [4.69, 9.17) is 4.42 Å². The van der Waals surface area contributed by atoms with Crippen molar-refractivity contribution in [2.45, 2.75) is 19.9 Å². The van der Waals surface area contributed by atoms with Gasteiger partial charge in [0.1, 0.15) is 0 Å². The van der Waals surface area contributed by atoms with Gasteiger partial charge >= 0.3 is 6.01 Å². The second-order valence-electron chi connectivity index (χ2n) is 3.86. The van der Waals surface area contributed by atoms with E-state index in [0.29, 0.717) is 11.9 Å². The Balaban J connectivity index is 2.06. The van der Waals surface area contributed by atoms with Gasteiger partial charge in [-0.05, 0) is 54.3 Å². The lowest BCUT2D eigenvalue weighted by Gasteiger charge is -2.06. The Kier molecular flexibility index (Phi) is 4.54. The van der Waals surface area contributed by atoms with Crippen molar-refractivity contribution in [2.75, 3.05) is 11.9 Å². The number of benzene rings is 1. The van der Waals surface area contributed by atoms with Gasteiger partial charge in [0.05, 0.1) is 6.04 Å². The number of rotatable bonds is 5. The molecule has 1 aromatic heterocycles. The van der Waals surface area contributed by atoms with Crippen molar-refractivity contribution < 1.29 is 4.42 Å². The van der Waals surface area contributed by atoms with Gasteiger partial charge in [-0.1, -0.05) is 18.1 Å². The molecule has 0 bridgehead atoms. The summed E-state index contributed by atoms with van der Waals surface area (Å²) >= 11 is 2.26. The normalized spacial score (nSPS) is 12.4. The maximum absolute atomic E-state index is 5.54. The van der Waals surface area contributed by atoms with Crippen LogP contribution in [-0.4, -0.2) is 16.7 Å². The van der Waals surface area contributed by atoms with Crippen molar-refractivity contribution in [3.8, 4) is 0 Å². The van der Waals surface area contributed by atoms with Crippen LogP contribution in [0.15, 0.2) is 28.7 Å². The largest absolute Gasteiger partial charge is 0.406 e. The van der Waals surface area contributed by atoms with Crippen LogP contribution in [0.3, 0.4) is 0 Å². The predicted octanol–water partition coefficient (Wildman–Crippen LogP) is 3.09. The Morgan fingerprint density at radius 2 is 2.22 bits per heavy atom. The van der Waals surface area contributed by atoms with Crippen LogP contribution in [0.4, 0.5) is 11.7 Å². The Morgan fingerprint density at radius 3 is 2.94 bits per heavy atom. The molecular formula is C12H15IN4O. The van der Waals surface area contributed by atoms with Crippen LogP contribution in [0.25, 0.3) is 0 Å². The number of anilines is 2. The average Bonchev–Trinajstić information content (AvgIpc) is 2.78. The number of nitrogens with one attached hydrogen (secondary N) is 2. The molecule has 0 aliphatic heterocycles. The summed E-state index contributed by atoms with van der Waals surface area (Å²) in [5.74, 6) is 0.588. The minimum Gasteiger partial charge on any atom is -0.406 e.